The van der Waals surface area contributed by atoms with Gasteiger partial charge in [0.2, 0.25) is 0 Å². The number of hydrogen-bond acceptors (Lipinski definition) is 2. The maximum absolute atomic E-state index is 12.7. The molecule has 2 rings (SSSR count). The van der Waals surface area contributed by atoms with E-state index in [0.29, 0.717) is 11.3 Å². The van der Waals surface area contributed by atoms with Gasteiger partial charge in [0, 0.05) is 11.6 Å². The minimum atomic E-state index is -0.647. The van der Waals surface area contributed by atoms with Crippen LogP contribution in [0.2, 0.25) is 0 Å². The molecule has 0 saturated heterocycles. The largest absolute Gasteiger partial charge is 0.432 e. The van der Waals surface area contributed by atoms with E-state index in [9.17, 15) is 8.78 Å². The van der Waals surface area contributed by atoms with E-state index in [1.807, 2.05) is 0 Å². The highest BCUT2D eigenvalue weighted by atomic mass is 19.1. The Hall–Kier alpha value is -1.71. The highest BCUT2D eigenvalue weighted by molar-refractivity contribution is 5.55. The summed E-state index contributed by atoms with van der Waals surface area (Å²) in [5.41, 5.74) is 0.311. The van der Waals surface area contributed by atoms with E-state index in [0.717, 1.165) is 18.2 Å². The molecule has 0 N–H and O–H groups in total. The van der Waals surface area contributed by atoms with Gasteiger partial charge >= 0.3 is 0 Å². The Balaban J connectivity index is 2.53. The van der Waals surface area contributed by atoms with Crippen LogP contribution in [0.3, 0.4) is 0 Å². The molecule has 0 fully saturated rings. The summed E-state index contributed by atoms with van der Waals surface area (Å²) >= 11 is 0. The van der Waals surface area contributed by atoms with Crippen LogP contribution in [0.25, 0.3) is 11.3 Å². The standard InChI is InChI=1S/C9H4F2NO/c10-7-1-6(2-8(11)3-7)9-4-12-5-13-9/h1-4H. The van der Waals surface area contributed by atoms with Crippen LogP contribution in [0, 0.1) is 18.0 Å². The van der Waals surface area contributed by atoms with Gasteiger partial charge in [-0.2, -0.15) is 0 Å². The summed E-state index contributed by atoms with van der Waals surface area (Å²) in [5, 5.41) is 0. The van der Waals surface area contributed by atoms with Crippen molar-refractivity contribution in [1.29, 1.82) is 0 Å². The van der Waals surface area contributed by atoms with Crippen molar-refractivity contribution in [2.24, 2.45) is 0 Å². The van der Waals surface area contributed by atoms with Gasteiger partial charge in [-0.1, -0.05) is 0 Å². The Kier molecular flexibility index (Phi) is 1.81. The number of hydrogen-bond donors (Lipinski definition) is 0. The first kappa shape index (κ1) is 7.91. The maximum atomic E-state index is 12.7. The molecule has 1 heterocycles. The molecule has 4 heteroatoms. The molecule has 0 unspecified atom stereocenters. The SMILES string of the molecule is Fc1cc(F)cc(-c2cn[c]o2)c1. The van der Waals surface area contributed by atoms with Gasteiger partial charge in [0.25, 0.3) is 6.39 Å². The Morgan fingerprint density at radius 1 is 1.15 bits per heavy atom. The van der Waals surface area contributed by atoms with Crippen LogP contribution in [-0.2, 0) is 0 Å². The highest BCUT2D eigenvalue weighted by Gasteiger charge is 2.05. The van der Waals surface area contributed by atoms with E-state index in [1.54, 1.807) is 0 Å². The van der Waals surface area contributed by atoms with Crippen molar-refractivity contribution < 1.29 is 13.2 Å². The predicted molar refractivity (Wildman–Crippen MR) is 40.7 cm³/mol. The van der Waals surface area contributed by atoms with Gasteiger partial charge in [-0.05, 0) is 12.1 Å². The lowest BCUT2D eigenvalue weighted by Gasteiger charge is -1.96. The molecule has 0 spiro atoms. The topological polar surface area (TPSA) is 26.0 Å². The number of aromatic nitrogens is 1. The lowest BCUT2D eigenvalue weighted by Crippen LogP contribution is -1.81. The Morgan fingerprint density at radius 2 is 1.85 bits per heavy atom. The first-order chi connectivity index (χ1) is 6.25. The zero-order valence-corrected chi connectivity index (χ0v) is 6.42. The third-order valence-electron chi connectivity index (χ3n) is 1.54. The fourth-order valence-corrected chi connectivity index (χ4v) is 1.02. The van der Waals surface area contributed by atoms with Crippen molar-refractivity contribution >= 4 is 0 Å². The minimum Gasteiger partial charge on any atom is -0.432 e. The molecule has 0 aliphatic carbocycles. The summed E-state index contributed by atoms with van der Waals surface area (Å²) < 4.78 is 30.2. The lowest BCUT2D eigenvalue weighted by atomic mass is 10.2. The highest BCUT2D eigenvalue weighted by Crippen LogP contribution is 2.20. The monoisotopic (exact) mass is 180 g/mol. The maximum Gasteiger partial charge on any atom is 0.284 e. The Labute approximate surface area is 72.8 Å². The molecule has 0 atom stereocenters. The quantitative estimate of drug-likeness (QED) is 0.673. The zero-order valence-electron chi connectivity index (χ0n) is 6.42. The molecular weight excluding hydrogens is 176 g/mol. The number of rotatable bonds is 1. The molecule has 0 saturated carbocycles. The molecule has 65 valence electrons. The van der Waals surface area contributed by atoms with E-state index >= 15 is 0 Å². The summed E-state index contributed by atoms with van der Waals surface area (Å²) in [4.78, 5) is 3.52. The number of oxazole rings is 1. The summed E-state index contributed by atoms with van der Waals surface area (Å²) in [7, 11) is 0. The fraction of sp³-hybridized carbons (Fsp3) is 0. The second-order valence-electron chi connectivity index (χ2n) is 2.47. The summed E-state index contributed by atoms with van der Waals surface area (Å²) in [6.45, 7) is 0. The van der Waals surface area contributed by atoms with Gasteiger partial charge < -0.3 is 4.42 Å². The summed E-state index contributed by atoms with van der Waals surface area (Å²) in [6.07, 6.45) is 3.54. The van der Waals surface area contributed by atoms with Crippen LogP contribution in [0.4, 0.5) is 8.78 Å². The van der Waals surface area contributed by atoms with Crippen LogP contribution in [-0.4, -0.2) is 4.98 Å². The van der Waals surface area contributed by atoms with Gasteiger partial charge in [-0.15, -0.1) is 0 Å². The Morgan fingerprint density at radius 3 is 2.38 bits per heavy atom. The lowest BCUT2D eigenvalue weighted by molar-refractivity contribution is 0.555. The molecule has 13 heavy (non-hydrogen) atoms. The molecular formula is C9H4F2NO. The molecule has 0 amide bonds. The molecule has 1 radical (unpaired) electrons. The van der Waals surface area contributed by atoms with Crippen molar-refractivity contribution in [2.75, 3.05) is 0 Å². The second-order valence-corrected chi connectivity index (χ2v) is 2.47. The molecule has 2 nitrogen and oxygen atoms in total. The van der Waals surface area contributed by atoms with Gasteiger partial charge in [-0.25, -0.2) is 13.8 Å². The van der Waals surface area contributed by atoms with Crippen LogP contribution in [0.1, 0.15) is 0 Å². The first-order valence-electron chi connectivity index (χ1n) is 3.54. The average Bonchev–Trinajstić information content (AvgIpc) is 2.53. The third-order valence-corrected chi connectivity index (χ3v) is 1.54. The minimum absolute atomic E-state index is 0.290. The van der Waals surface area contributed by atoms with Crippen LogP contribution < -0.4 is 0 Å². The van der Waals surface area contributed by atoms with E-state index in [2.05, 4.69) is 11.4 Å². The molecule has 0 bridgehead atoms. The fourth-order valence-electron chi connectivity index (χ4n) is 1.02. The Bertz CT molecular complexity index is 391. The van der Waals surface area contributed by atoms with Crippen LogP contribution in [0.15, 0.2) is 28.8 Å². The van der Waals surface area contributed by atoms with Crippen molar-refractivity contribution in [2.45, 2.75) is 0 Å². The van der Waals surface area contributed by atoms with E-state index in [1.165, 1.54) is 6.20 Å². The van der Waals surface area contributed by atoms with Gasteiger partial charge in [0.15, 0.2) is 5.76 Å². The number of benzene rings is 1. The number of nitrogens with zero attached hydrogens (tertiary/aromatic N) is 1. The van der Waals surface area contributed by atoms with Crippen molar-refractivity contribution in [3.63, 3.8) is 0 Å². The van der Waals surface area contributed by atoms with Crippen molar-refractivity contribution in [3.8, 4) is 11.3 Å². The van der Waals surface area contributed by atoms with E-state index in [4.69, 9.17) is 4.42 Å². The predicted octanol–water partition coefficient (Wildman–Crippen LogP) is 2.42. The zero-order chi connectivity index (χ0) is 9.26. The van der Waals surface area contributed by atoms with Gasteiger partial charge in [-0.3, -0.25) is 0 Å². The molecule has 2 aromatic rings. The smallest absolute Gasteiger partial charge is 0.284 e. The first-order valence-corrected chi connectivity index (χ1v) is 3.54. The van der Waals surface area contributed by atoms with Gasteiger partial charge in [0.05, 0.1) is 6.20 Å². The van der Waals surface area contributed by atoms with Gasteiger partial charge in [0.1, 0.15) is 11.6 Å². The van der Waals surface area contributed by atoms with Crippen molar-refractivity contribution in [1.82, 2.24) is 4.98 Å². The van der Waals surface area contributed by atoms with E-state index < -0.39 is 11.6 Å². The van der Waals surface area contributed by atoms with Crippen LogP contribution >= 0.6 is 0 Å². The number of halogens is 2. The third kappa shape index (κ3) is 1.56. The average molecular weight is 180 g/mol. The summed E-state index contributed by atoms with van der Waals surface area (Å²) in [5.74, 6) is -1.00. The summed E-state index contributed by atoms with van der Waals surface area (Å²) in [6, 6.07) is 3.12. The van der Waals surface area contributed by atoms with E-state index in [-0.39, 0.29) is 0 Å². The molecule has 0 aliphatic heterocycles. The van der Waals surface area contributed by atoms with Crippen molar-refractivity contribution in [3.05, 3.63) is 42.4 Å². The molecule has 1 aromatic carbocycles. The van der Waals surface area contributed by atoms with Crippen LogP contribution in [0.5, 0.6) is 0 Å². The second kappa shape index (κ2) is 2.97. The molecule has 1 aromatic heterocycles. The molecule has 0 aliphatic rings. The normalized spacial score (nSPS) is 10.3.